The number of piperazine rings is 1. The average Bonchev–Trinajstić information content (AvgIpc) is 3.23. The molecule has 2 aliphatic rings. The van der Waals surface area contributed by atoms with Crippen LogP contribution < -0.4 is 15.5 Å². The van der Waals surface area contributed by atoms with E-state index in [4.69, 9.17) is 4.52 Å². The van der Waals surface area contributed by atoms with Gasteiger partial charge in [-0.1, -0.05) is 49.0 Å². The van der Waals surface area contributed by atoms with E-state index in [0.29, 0.717) is 31.1 Å². The number of anilines is 1. The molecule has 2 N–H and O–H groups in total. The minimum Gasteiger partial charge on any atom is -0.369 e. The number of aromatic nitrogens is 2. The van der Waals surface area contributed by atoms with Crippen molar-refractivity contribution in [2.24, 2.45) is 0 Å². The Bertz CT molecular complexity index is 947. The van der Waals surface area contributed by atoms with Gasteiger partial charge in [0.2, 0.25) is 17.7 Å². The minimum atomic E-state index is -0.559. The molecular formula is C26H38N6O3. The van der Waals surface area contributed by atoms with Gasteiger partial charge in [0, 0.05) is 64.7 Å². The maximum atomic E-state index is 12.4. The normalized spacial score (nSPS) is 18.6. The summed E-state index contributed by atoms with van der Waals surface area (Å²) >= 11 is 0. The van der Waals surface area contributed by atoms with Crippen molar-refractivity contribution in [3.05, 3.63) is 42.0 Å². The first-order chi connectivity index (χ1) is 17.0. The number of carbonyl (C=O) groups is 2. The number of rotatable bonds is 9. The zero-order valence-electron chi connectivity index (χ0n) is 20.8. The smallest absolute Gasteiger partial charge is 0.227 e. The van der Waals surface area contributed by atoms with Crippen LogP contribution in [0.4, 0.5) is 5.69 Å². The average molecular weight is 483 g/mol. The maximum absolute atomic E-state index is 12.4. The van der Waals surface area contributed by atoms with E-state index in [1.54, 1.807) is 0 Å². The molecule has 1 aromatic carbocycles. The Hall–Kier alpha value is -2.94. The lowest BCUT2D eigenvalue weighted by atomic mass is 9.89. The van der Waals surface area contributed by atoms with Gasteiger partial charge in [0.25, 0.3) is 0 Å². The Morgan fingerprint density at radius 1 is 1.03 bits per heavy atom. The van der Waals surface area contributed by atoms with Crippen LogP contribution in [0.1, 0.15) is 63.6 Å². The summed E-state index contributed by atoms with van der Waals surface area (Å²) in [6, 6.07) is 10.5. The highest BCUT2D eigenvalue weighted by Crippen LogP contribution is 2.34. The SMILES string of the molecule is CC(=O)NC1(c2noc(CCC(=O)NCCN3CCN(c4ccccc4)CC3)n2)CCCCCC1. The molecule has 1 saturated carbocycles. The third kappa shape index (κ3) is 7.04. The van der Waals surface area contributed by atoms with Gasteiger partial charge in [-0.2, -0.15) is 4.98 Å². The van der Waals surface area contributed by atoms with Crippen molar-refractivity contribution < 1.29 is 14.1 Å². The van der Waals surface area contributed by atoms with E-state index in [0.717, 1.165) is 71.2 Å². The molecule has 0 bridgehead atoms. The van der Waals surface area contributed by atoms with Crippen LogP contribution in [-0.2, 0) is 21.5 Å². The molecule has 9 heteroatoms. The molecule has 35 heavy (non-hydrogen) atoms. The molecule has 0 spiro atoms. The van der Waals surface area contributed by atoms with Gasteiger partial charge < -0.3 is 20.1 Å². The Balaban J connectivity index is 1.18. The highest BCUT2D eigenvalue weighted by Gasteiger charge is 2.38. The van der Waals surface area contributed by atoms with Gasteiger partial charge in [-0.25, -0.2) is 0 Å². The summed E-state index contributed by atoms with van der Waals surface area (Å²) in [7, 11) is 0. The zero-order chi connectivity index (χ0) is 24.5. The van der Waals surface area contributed by atoms with E-state index in [1.165, 1.54) is 12.6 Å². The number of amides is 2. The first-order valence-electron chi connectivity index (χ1n) is 12.9. The third-order valence-electron chi connectivity index (χ3n) is 7.08. The lowest BCUT2D eigenvalue weighted by Gasteiger charge is -2.36. The molecule has 9 nitrogen and oxygen atoms in total. The molecule has 1 aliphatic carbocycles. The summed E-state index contributed by atoms with van der Waals surface area (Å²) in [4.78, 5) is 33.6. The molecule has 0 unspecified atom stereocenters. The van der Waals surface area contributed by atoms with E-state index < -0.39 is 5.54 Å². The van der Waals surface area contributed by atoms with Crippen LogP contribution >= 0.6 is 0 Å². The van der Waals surface area contributed by atoms with E-state index >= 15 is 0 Å². The fourth-order valence-electron chi connectivity index (χ4n) is 5.16. The molecule has 1 aromatic heterocycles. The van der Waals surface area contributed by atoms with Gasteiger partial charge in [-0.3, -0.25) is 14.5 Å². The molecular weight excluding hydrogens is 444 g/mol. The van der Waals surface area contributed by atoms with Gasteiger partial charge in [0.1, 0.15) is 5.54 Å². The lowest BCUT2D eigenvalue weighted by Crippen LogP contribution is -2.48. The number of hydrogen-bond donors (Lipinski definition) is 2. The molecule has 2 heterocycles. The van der Waals surface area contributed by atoms with Crippen LogP contribution in [0.25, 0.3) is 0 Å². The van der Waals surface area contributed by atoms with Gasteiger partial charge in [-0.15, -0.1) is 0 Å². The molecule has 0 atom stereocenters. The summed E-state index contributed by atoms with van der Waals surface area (Å²) in [5.74, 6) is 0.888. The number of aryl methyl sites for hydroxylation is 1. The van der Waals surface area contributed by atoms with E-state index in [1.807, 2.05) is 6.07 Å². The number of hydrogen-bond acceptors (Lipinski definition) is 7. The number of nitrogens with zero attached hydrogens (tertiary/aromatic N) is 4. The fourth-order valence-corrected chi connectivity index (χ4v) is 5.16. The van der Waals surface area contributed by atoms with Crippen molar-refractivity contribution in [2.45, 2.75) is 63.8 Å². The Labute approximate surface area is 207 Å². The standard InChI is InChI=1S/C26H38N6O3/c1-21(33)29-26(13-7-2-3-8-14-26)25-28-24(35-30-25)12-11-23(34)27-15-16-31-17-19-32(20-18-31)22-9-5-4-6-10-22/h4-6,9-10H,2-3,7-8,11-20H2,1H3,(H,27,34)(H,29,33). The molecule has 0 radical (unpaired) electrons. The number of nitrogens with one attached hydrogen (secondary N) is 2. The topological polar surface area (TPSA) is 104 Å². The zero-order valence-corrected chi connectivity index (χ0v) is 20.8. The molecule has 190 valence electrons. The molecule has 4 rings (SSSR count). The van der Waals surface area contributed by atoms with Crippen molar-refractivity contribution in [3.8, 4) is 0 Å². The molecule has 2 amide bonds. The first-order valence-corrected chi connectivity index (χ1v) is 12.9. The highest BCUT2D eigenvalue weighted by molar-refractivity contribution is 5.76. The van der Waals surface area contributed by atoms with E-state index in [-0.39, 0.29) is 11.8 Å². The quantitative estimate of drug-likeness (QED) is 0.530. The minimum absolute atomic E-state index is 0.0151. The largest absolute Gasteiger partial charge is 0.369 e. The fraction of sp³-hybridized carbons (Fsp3) is 0.615. The Morgan fingerprint density at radius 3 is 2.43 bits per heavy atom. The predicted octanol–water partition coefficient (Wildman–Crippen LogP) is 2.63. The summed E-state index contributed by atoms with van der Waals surface area (Å²) < 4.78 is 5.46. The summed E-state index contributed by atoms with van der Waals surface area (Å²) in [6.45, 7) is 6.98. The van der Waals surface area contributed by atoms with Crippen LogP contribution in [0, 0.1) is 0 Å². The second kappa shape index (κ2) is 12.2. The van der Waals surface area contributed by atoms with Crippen LogP contribution in [0.2, 0.25) is 0 Å². The number of para-hydroxylation sites is 1. The summed E-state index contributed by atoms with van der Waals surface area (Å²) in [5.41, 5.74) is 0.711. The summed E-state index contributed by atoms with van der Waals surface area (Å²) in [6.07, 6.45) is 6.66. The highest BCUT2D eigenvalue weighted by atomic mass is 16.5. The molecule has 2 aromatic rings. The Morgan fingerprint density at radius 2 is 1.74 bits per heavy atom. The van der Waals surface area contributed by atoms with E-state index in [2.05, 4.69) is 54.8 Å². The second-order valence-electron chi connectivity index (χ2n) is 9.70. The third-order valence-corrected chi connectivity index (χ3v) is 7.08. The lowest BCUT2D eigenvalue weighted by molar-refractivity contribution is -0.122. The molecule has 2 fully saturated rings. The molecule has 1 aliphatic heterocycles. The van der Waals surface area contributed by atoms with Crippen LogP contribution in [0.3, 0.4) is 0 Å². The number of carbonyl (C=O) groups excluding carboxylic acids is 2. The van der Waals surface area contributed by atoms with Crippen molar-refractivity contribution in [2.75, 3.05) is 44.2 Å². The van der Waals surface area contributed by atoms with Gasteiger partial charge in [0.15, 0.2) is 5.82 Å². The molecule has 1 saturated heterocycles. The predicted molar refractivity (Wildman–Crippen MR) is 134 cm³/mol. The van der Waals surface area contributed by atoms with Gasteiger partial charge in [-0.05, 0) is 25.0 Å². The maximum Gasteiger partial charge on any atom is 0.227 e. The second-order valence-corrected chi connectivity index (χ2v) is 9.70. The van der Waals surface area contributed by atoms with Gasteiger partial charge >= 0.3 is 0 Å². The van der Waals surface area contributed by atoms with Crippen LogP contribution in [0.5, 0.6) is 0 Å². The van der Waals surface area contributed by atoms with E-state index in [9.17, 15) is 9.59 Å². The van der Waals surface area contributed by atoms with Crippen molar-refractivity contribution in [1.29, 1.82) is 0 Å². The summed E-state index contributed by atoms with van der Waals surface area (Å²) in [5, 5.41) is 10.3. The van der Waals surface area contributed by atoms with Crippen molar-refractivity contribution in [3.63, 3.8) is 0 Å². The first kappa shape index (κ1) is 25.2. The van der Waals surface area contributed by atoms with Crippen LogP contribution in [0.15, 0.2) is 34.9 Å². The van der Waals surface area contributed by atoms with Crippen molar-refractivity contribution in [1.82, 2.24) is 25.7 Å². The van der Waals surface area contributed by atoms with Crippen molar-refractivity contribution >= 4 is 17.5 Å². The van der Waals surface area contributed by atoms with Gasteiger partial charge in [0.05, 0.1) is 0 Å². The monoisotopic (exact) mass is 482 g/mol. The Kier molecular flexibility index (Phi) is 8.74. The van der Waals surface area contributed by atoms with Crippen LogP contribution in [-0.4, -0.2) is 66.1 Å². The number of benzene rings is 1.